The second-order valence-electron chi connectivity index (χ2n) is 8.22. The van der Waals surface area contributed by atoms with E-state index in [0.717, 1.165) is 0 Å². The number of fused-ring (bicyclic) bond motifs is 1. The summed E-state index contributed by atoms with van der Waals surface area (Å²) in [5, 5.41) is 21.0. The second kappa shape index (κ2) is 8.73. The maximum absolute atomic E-state index is 12.8. The first kappa shape index (κ1) is 23.5. The number of carbonyl (C=O) groups is 2. The highest BCUT2D eigenvalue weighted by Crippen LogP contribution is 2.37. The van der Waals surface area contributed by atoms with Gasteiger partial charge in [-0.3, -0.25) is 15.0 Å². The van der Waals surface area contributed by atoms with E-state index in [-0.39, 0.29) is 28.0 Å². The van der Waals surface area contributed by atoms with E-state index < -0.39 is 22.6 Å². The van der Waals surface area contributed by atoms with Crippen LogP contribution < -0.4 is 9.64 Å². The number of benzene rings is 2. The number of nitro benzene ring substituents is 1. The third-order valence-corrected chi connectivity index (χ3v) is 4.75. The van der Waals surface area contributed by atoms with E-state index in [1.165, 1.54) is 55.5 Å². The van der Waals surface area contributed by atoms with Crippen molar-refractivity contribution in [1.82, 2.24) is 4.98 Å². The molecule has 2 aromatic carbocycles. The molecule has 10 heteroatoms. The fourth-order valence-electron chi connectivity index (χ4n) is 3.22. The topological polar surface area (TPSA) is 132 Å². The minimum atomic E-state index is -1.16. The number of aromatic carboxylic acids is 1. The molecule has 172 valence electrons. The van der Waals surface area contributed by atoms with Crippen molar-refractivity contribution in [1.29, 1.82) is 0 Å². The van der Waals surface area contributed by atoms with Gasteiger partial charge < -0.3 is 14.6 Å². The number of carboxylic acids is 1. The van der Waals surface area contributed by atoms with Gasteiger partial charge in [0.15, 0.2) is 0 Å². The van der Waals surface area contributed by atoms with Crippen LogP contribution in [0.15, 0.2) is 42.5 Å². The summed E-state index contributed by atoms with van der Waals surface area (Å²) in [6.45, 7) is 5.18. The molecule has 0 fully saturated rings. The first-order valence-corrected chi connectivity index (χ1v) is 9.89. The zero-order chi connectivity index (χ0) is 24.5. The first-order valence-electron chi connectivity index (χ1n) is 9.89. The van der Waals surface area contributed by atoms with Crippen LogP contribution in [-0.2, 0) is 4.74 Å². The summed E-state index contributed by atoms with van der Waals surface area (Å²) in [5.41, 5.74) is 0.258. The van der Waals surface area contributed by atoms with Gasteiger partial charge in [-0.25, -0.2) is 14.6 Å². The molecule has 3 aromatic rings. The molecule has 1 aromatic heterocycles. The van der Waals surface area contributed by atoms with Crippen LogP contribution in [0.3, 0.4) is 0 Å². The van der Waals surface area contributed by atoms with Crippen molar-refractivity contribution in [3.05, 3.63) is 58.1 Å². The van der Waals surface area contributed by atoms with E-state index >= 15 is 0 Å². The molecule has 0 saturated carbocycles. The summed E-state index contributed by atoms with van der Waals surface area (Å²) in [6, 6.07) is 10.1. The number of anilines is 1. The number of non-ortho nitro benzene ring substituents is 1. The largest absolute Gasteiger partial charge is 0.494 e. The Hall–Kier alpha value is -4.21. The maximum atomic E-state index is 12.8. The Balaban J connectivity index is 2.31. The number of aromatic nitrogens is 1. The summed E-state index contributed by atoms with van der Waals surface area (Å²) in [4.78, 5) is 40.9. The smallest absolute Gasteiger partial charge is 0.415 e. The molecule has 0 saturated heterocycles. The number of carboxylic acid groups (broad SMARTS) is 1. The molecule has 0 aliphatic carbocycles. The van der Waals surface area contributed by atoms with E-state index in [4.69, 9.17) is 9.47 Å². The van der Waals surface area contributed by atoms with Crippen molar-refractivity contribution in [2.24, 2.45) is 0 Å². The number of rotatable bonds is 5. The Kier molecular flexibility index (Phi) is 6.21. The molecular weight excluding hydrogens is 430 g/mol. The highest BCUT2D eigenvalue weighted by atomic mass is 16.6. The molecule has 0 radical (unpaired) electrons. The van der Waals surface area contributed by atoms with Crippen LogP contribution in [0.25, 0.3) is 22.0 Å². The minimum absolute atomic E-state index is 0.00654. The summed E-state index contributed by atoms with van der Waals surface area (Å²) >= 11 is 0. The molecule has 1 amide bonds. The predicted molar refractivity (Wildman–Crippen MR) is 122 cm³/mol. The van der Waals surface area contributed by atoms with E-state index in [1.807, 2.05) is 0 Å². The molecule has 10 nitrogen and oxygen atoms in total. The number of ether oxygens (including phenoxy) is 2. The molecular formula is C23H23N3O7. The number of amides is 1. The lowest BCUT2D eigenvalue weighted by Crippen LogP contribution is -2.35. The third kappa shape index (κ3) is 4.84. The molecule has 1 heterocycles. The van der Waals surface area contributed by atoms with Crippen LogP contribution in [0, 0.1) is 10.1 Å². The van der Waals surface area contributed by atoms with Gasteiger partial charge in [0.1, 0.15) is 22.7 Å². The second-order valence-corrected chi connectivity index (χ2v) is 8.22. The number of pyridine rings is 1. The van der Waals surface area contributed by atoms with Crippen molar-refractivity contribution in [2.75, 3.05) is 19.1 Å². The fourth-order valence-corrected chi connectivity index (χ4v) is 3.22. The Bertz CT molecular complexity index is 1250. The van der Waals surface area contributed by atoms with Crippen LogP contribution in [-0.4, -0.2) is 46.8 Å². The lowest BCUT2D eigenvalue weighted by Gasteiger charge is -2.26. The van der Waals surface area contributed by atoms with Gasteiger partial charge in [-0.15, -0.1) is 0 Å². The van der Waals surface area contributed by atoms with Gasteiger partial charge in [0.05, 0.1) is 17.6 Å². The van der Waals surface area contributed by atoms with Crippen molar-refractivity contribution < 1.29 is 29.1 Å². The average Bonchev–Trinajstić information content (AvgIpc) is 2.75. The highest BCUT2D eigenvalue weighted by Gasteiger charge is 2.26. The summed E-state index contributed by atoms with van der Waals surface area (Å²) < 4.78 is 10.8. The molecule has 0 atom stereocenters. The Morgan fingerprint density at radius 2 is 1.76 bits per heavy atom. The van der Waals surface area contributed by atoms with Crippen molar-refractivity contribution in [3.63, 3.8) is 0 Å². The summed E-state index contributed by atoms with van der Waals surface area (Å²) in [7, 11) is 2.91. The van der Waals surface area contributed by atoms with Gasteiger partial charge in [0.2, 0.25) is 0 Å². The normalized spacial score (nSPS) is 11.2. The number of hydrogen-bond donors (Lipinski definition) is 1. The number of methoxy groups -OCH3 is 1. The average molecular weight is 453 g/mol. The first-order chi connectivity index (χ1) is 15.4. The van der Waals surface area contributed by atoms with Crippen molar-refractivity contribution >= 4 is 34.5 Å². The Morgan fingerprint density at radius 3 is 2.27 bits per heavy atom. The zero-order valence-electron chi connectivity index (χ0n) is 18.8. The van der Waals surface area contributed by atoms with Gasteiger partial charge in [0.25, 0.3) is 5.69 Å². The van der Waals surface area contributed by atoms with Crippen molar-refractivity contribution in [3.8, 4) is 16.9 Å². The molecule has 0 unspecified atom stereocenters. The van der Waals surface area contributed by atoms with Crippen LogP contribution in [0.5, 0.6) is 5.75 Å². The number of nitro groups is 1. The monoisotopic (exact) mass is 453 g/mol. The van der Waals surface area contributed by atoms with Crippen LogP contribution >= 0.6 is 0 Å². The van der Waals surface area contributed by atoms with E-state index in [1.54, 1.807) is 26.8 Å². The van der Waals surface area contributed by atoms with E-state index in [0.29, 0.717) is 16.9 Å². The lowest BCUT2D eigenvalue weighted by atomic mass is 10.00. The van der Waals surface area contributed by atoms with Crippen LogP contribution in [0.1, 0.15) is 31.1 Å². The third-order valence-electron chi connectivity index (χ3n) is 4.75. The van der Waals surface area contributed by atoms with Gasteiger partial charge >= 0.3 is 12.1 Å². The Labute approximate surface area is 189 Å². The molecule has 0 spiro atoms. The van der Waals surface area contributed by atoms with Crippen LogP contribution in [0.2, 0.25) is 0 Å². The number of hydrogen-bond acceptors (Lipinski definition) is 7. The number of carbonyl (C=O) groups excluding carboxylic acids is 1. The minimum Gasteiger partial charge on any atom is -0.494 e. The quantitative estimate of drug-likeness (QED) is 0.427. The van der Waals surface area contributed by atoms with Gasteiger partial charge in [-0.05, 0) is 56.7 Å². The lowest BCUT2D eigenvalue weighted by molar-refractivity contribution is -0.384. The summed E-state index contributed by atoms with van der Waals surface area (Å²) in [6.07, 6.45) is -0.675. The molecule has 33 heavy (non-hydrogen) atoms. The van der Waals surface area contributed by atoms with Gasteiger partial charge in [0, 0.05) is 30.1 Å². The maximum Gasteiger partial charge on any atom is 0.415 e. The predicted octanol–water partition coefficient (Wildman–Crippen LogP) is 4.89. The van der Waals surface area contributed by atoms with E-state index in [2.05, 4.69) is 4.98 Å². The van der Waals surface area contributed by atoms with Crippen LogP contribution in [0.4, 0.5) is 16.3 Å². The molecule has 0 aliphatic heterocycles. The molecule has 0 bridgehead atoms. The Morgan fingerprint density at radius 1 is 1.12 bits per heavy atom. The number of nitrogens with zero attached hydrogens (tertiary/aromatic N) is 3. The molecule has 1 N–H and O–H groups in total. The van der Waals surface area contributed by atoms with Gasteiger partial charge in [-0.1, -0.05) is 0 Å². The zero-order valence-corrected chi connectivity index (χ0v) is 18.8. The fraction of sp³-hybridized carbons (Fsp3) is 0.261. The molecule has 0 aliphatic rings. The highest BCUT2D eigenvalue weighted by molar-refractivity contribution is 6.07. The molecule has 3 rings (SSSR count). The van der Waals surface area contributed by atoms with Gasteiger partial charge in [-0.2, -0.15) is 0 Å². The SMILES string of the molecule is COc1ccc(C(=O)O)c2cc(-c3ccc([N+](=O)[O-])cc3)c(N(C)C(=O)OC(C)(C)C)nc12. The summed E-state index contributed by atoms with van der Waals surface area (Å²) in [5.74, 6) is -0.664. The van der Waals surface area contributed by atoms with Crippen molar-refractivity contribution in [2.45, 2.75) is 26.4 Å². The standard InChI is InChI=1S/C23H23N3O7/c1-23(2,3)33-22(29)25(4)20-16(13-6-8-14(9-7-13)26(30)31)12-17-15(21(27)28)10-11-18(32-5)19(17)24-20/h6-12H,1-5H3,(H,27,28). The van der Waals surface area contributed by atoms with E-state index in [9.17, 15) is 24.8 Å².